The van der Waals surface area contributed by atoms with E-state index in [-0.39, 0.29) is 35.9 Å². The third kappa shape index (κ3) is 3.70. The van der Waals surface area contributed by atoms with Crippen molar-refractivity contribution in [2.75, 3.05) is 26.2 Å². The molecule has 0 spiro atoms. The summed E-state index contributed by atoms with van der Waals surface area (Å²) in [6.07, 6.45) is 0.942. The molecular formula is C24H23N3O6. The molecule has 4 N–H and O–H groups in total. The third-order valence-electron chi connectivity index (χ3n) is 6.31. The summed E-state index contributed by atoms with van der Waals surface area (Å²) in [4.78, 5) is 32.8. The van der Waals surface area contributed by atoms with Gasteiger partial charge < -0.3 is 30.2 Å². The van der Waals surface area contributed by atoms with Gasteiger partial charge in [0.25, 0.3) is 11.8 Å². The molecule has 9 nitrogen and oxygen atoms in total. The van der Waals surface area contributed by atoms with E-state index in [2.05, 4.69) is 4.98 Å². The fraction of sp³-hybridized carbons (Fsp3) is 0.292. The Labute approximate surface area is 189 Å². The van der Waals surface area contributed by atoms with Crippen molar-refractivity contribution in [3.05, 3.63) is 48.0 Å². The minimum atomic E-state index is -1.23. The van der Waals surface area contributed by atoms with Crippen LogP contribution < -0.4 is 0 Å². The number of benzene rings is 2. The summed E-state index contributed by atoms with van der Waals surface area (Å²) in [5.74, 6) is -1.60. The largest absolute Gasteiger partial charge is 0.508 e. The van der Waals surface area contributed by atoms with Crippen LogP contribution in [0.1, 0.15) is 23.2 Å². The van der Waals surface area contributed by atoms with Gasteiger partial charge >= 0.3 is 0 Å². The Kier molecular flexibility index (Phi) is 4.86. The van der Waals surface area contributed by atoms with Crippen LogP contribution in [0.2, 0.25) is 0 Å². The van der Waals surface area contributed by atoms with Crippen molar-refractivity contribution in [1.29, 1.82) is 0 Å². The predicted molar refractivity (Wildman–Crippen MR) is 119 cm³/mol. The molecule has 5 rings (SSSR count). The second-order valence-corrected chi connectivity index (χ2v) is 8.55. The number of phenols is 3. The highest BCUT2D eigenvalue weighted by molar-refractivity contribution is 5.99. The van der Waals surface area contributed by atoms with Gasteiger partial charge in [0.15, 0.2) is 11.5 Å². The molecule has 0 bridgehead atoms. The van der Waals surface area contributed by atoms with E-state index in [4.69, 9.17) is 0 Å². The quantitative estimate of drug-likeness (QED) is 0.448. The number of carbonyl (C=O) groups excluding carboxylic acids is 2. The van der Waals surface area contributed by atoms with Gasteiger partial charge in [-0.2, -0.15) is 0 Å². The maximum absolute atomic E-state index is 13.0. The number of rotatable bonds is 3. The number of piperazine rings is 1. The zero-order valence-electron chi connectivity index (χ0n) is 17.7. The summed E-state index contributed by atoms with van der Waals surface area (Å²) >= 11 is 0. The lowest BCUT2D eigenvalue weighted by molar-refractivity contribution is -0.143. The normalized spacial score (nSPS) is 17.2. The van der Waals surface area contributed by atoms with Gasteiger partial charge in [0, 0.05) is 37.1 Å². The van der Waals surface area contributed by atoms with Crippen molar-refractivity contribution in [2.45, 2.75) is 18.4 Å². The van der Waals surface area contributed by atoms with E-state index in [1.54, 1.807) is 29.2 Å². The molecule has 0 radical (unpaired) electrons. The molecule has 2 aliphatic rings. The van der Waals surface area contributed by atoms with Crippen molar-refractivity contribution in [2.24, 2.45) is 0 Å². The van der Waals surface area contributed by atoms with Gasteiger partial charge in [-0.3, -0.25) is 9.59 Å². The number of phenolic OH excluding ortho intramolecular Hbond substituents is 3. The molecule has 1 aromatic heterocycles. The van der Waals surface area contributed by atoms with Gasteiger partial charge in [-0.15, -0.1) is 0 Å². The molecule has 33 heavy (non-hydrogen) atoms. The Balaban J connectivity index is 1.35. The minimum Gasteiger partial charge on any atom is -0.508 e. The monoisotopic (exact) mass is 449 g/mol. The molecule has 9 heteroatoms. The number of aromatic nitrogens is 1. The summed E-state index contributed by atoms with van der Waals surface area (Å²) < 4.78 is 0. The van der Waals surface area contributed by atoms with E-state index in [9.17, 15) is 30.0 Å². The zero-order valence-corrected chi connectivity index (χ0v) is 17.7. The van der Waals surface area contributed by atoms with Crippen LogP contribution in [0.5, 0.6) is 17.2 Å². The van der Waals surface area contributed by atoms with E-state index in [1.807, 2.05) is 0 Å². The van der Waals surface area contributed by atoms with E-state index >= 15 is 0 Å². The average molecular weight is 449 g/mol. The molecule has 2 aromatic carbocycles. The predicted octanol–water partition coefficient (Wildman–Crippen LogP) is 1.83. The molecule has 2 amide bonds. The molecule has 1 saturated carbocycles. The number of aromatic hydroxyl groups is 3. The lowest BCUT2D eigenvalue weighted by atomic mass is 10.0. The molecule has 1 aliphatic heterocycles. The summed E-state index contributed by atoms with van der Waals surface area (Å²) in [7, 11) is 0. The minimum absolute atomic E-state index is 0.0393. The first-order valence-corrected chi connectivity index (χ1v) is 10.7. The van der Waals surface area contributed by atoms with E-state index in [0.29, 0.717) is 37.1 Å². The fourth-order valence-corrected chi connectivity index (χ4v) is 4.13. The van der Waals surface area contributed by atoms with Crippen molar-refractivity contribution in [3.63, 3.8) is 0 Å². The van der Waals surface area contributed by atoms with Crippen molar-refractivity contribution in [1.82, 2.24) is 14.8 Å². The molecular weight excluding hydrogens is 426 g/mol. The average Bonchev–Trinajstić information content (AvgIpc) is 3.58. The van der Waals surface area contributed by atoms with Crippen LogP contribution in [0, 0.1) is 0 Å². The number of amides is 2. The molecule has 1 saturated heterocycles. The highest BCUT2D eigenvalue weighted by Gasteiger charge is 2.50. The van der Waals surface area contributed by atoms with Gasteiger partial charge in [-0.25, -0.2) is 4.98 Å². The smallest absolute Gasteiger partial charge is 0.257 e. The van der Waals surface area contributed by atoms with Crippen LogP contribution in [0.15, 0.2) is 42.5 Å². The van der Waals surface area contributed by atoms with Crippen LogP contribution in [0.4, 0.5) is 0 Å². The van der Waals surface area contributed by atoms with E-state index < -0.39 is 23.0 Å². The summed E-state index contributed by atoms with van der Waals surface area (Å²) in [6, 6.07) is 11.1. The lowest BCUT2D eigenvalue weighted by Gasteiger charge is -2.35. The lowest BCUT2D eigenvalue weighted by Crippen LogP contribution is -2.53. The number of hydrogen-bond donors (Lipinski definition) is 4. The Bertz CT molecular complexity index is 1280. The van der Waals surface area contributed by atoms with Gasteiger partial charge in [0.2, 0.25) is 0 Å². The second-order valence-electron chi connectivity index (χ2n) is 8.55. The third-order valence-corrected chi connectivity index (χ3v) is 6.31. The Morgan fingerprint density at radius 1 is 0.848 bits per heavy atom. The van der Waals surface area contributed by atoms with Crippen molar-refractivity contribution in [3.8, 4) is 28.5 Å². The van der Waals surface area contributed by atoms with Gasteiger partial charge in [0.1, 0.15) is 11.4 Å². The number of fused-ring (bicyclic) bond motifs is 1. The van der Waals surface area contributed by atoms with Crippen LogP contribution in [0.25, 0.3) is 22.2 Å². The van der Waals surface area contributed by atoms with E-state index in [0.717, 1.165) is 5.39 Å². The Hall–Kier alpha value is -3.85. The summed E-state index contributed by atoms with van der Waals surface area (Å²) in [5.41, 5.74) is 0.0101. The van der Waals surface area contributed by atoms with Crippen molar-refractivity contribution >= 4 is 22.7 Å². The molecule has 0 unspecified atom stereocenters. The summed E-state index contributed by atoms with van der Waals surface area (Å²) in [6.45, 7) is 1.13. The topological polar surface area (TPSA) is 134 Å². The standard InChI is InChI=1S/C24H23N3O6/c28-15-2-6-18-14(13-15)1-5-19(25-18)16-3-4-17(21(30)20(16)29)22(31)26-9-11-27(12-10-26)23(32)24(33)7-8-24/h1-6,13,28-30,33H,7-12H2. The van der Waals surface area contributed by atoms with Crippen LogP contribution in [0.3, 0.4) is 0 Å². The first-order valence-electron chi connectivity index (χ1n) is 10.7. The molecule has 2 fully saturated rings. The second kappa shape index (κ2) is 7.63. The van der Waals surface area contributed by atoms with Gasteiger partial charge in [0.05, 0.1) is 16.8 Å². The molecule has 170 valence electrons. The fourth-order valence-electron chi connectivity index (χ4n) is 4.13. The van der Waals surface area contributed by atoms with Crippen LogP contribution in [-0.2, 0) is 4.79 Å². The number of nitrogens with zero attached hydrogens (tertiary/aromatic N) is 3. The molecule has 1 aliphatic carbocycles. The molecule has 2 heterocycles. The SMILES string of the molecule is O=C(c1ccc(-c2ccc3cc(O)ccc3n2)c(O)c1O)N1CCN(C(=O)C2(O)CC2)CC1. The maximum atomic E-state index is 13.0. The van der Waals surface area contributed by atoms with Crippen LogP contribution >= 0.6 is 0 Å². The van der Waals surface area contributed by atoms with Crippen LogP contribution in [-0.4, -0.2) is 78.8 Å². The number of carbonyl (C=O) groups is 2. The van der Waals surface area contributed by atoms with Gasteiger partial charge in [-0.05, 0) is 49.2 Å². The number of pyridine rings is 1. The molecule has 3 aromatic rings. The summed E-state index contributed by atoms with van der Waals surface area (Å²) in [5, 5.41) is 41.5. The zero-order chi connectivity index (χ0) is 23.3. The Morgan fingerprint density at radius 3 is 2.24 bits per heavy atom. The first kappa shape index (κ1) is 21.0. The highest BCUT2D eigenvalue weighted by atomic mass is 16.3. The first-order chi connectivity index (χ1) is 15.8. The number of hydrogen-bond acceptors (Lipinski definition) is 7. The number of aliphatic hydroxyl groups is 1. The van der Waals surface area contributed by atoms with E-state index in [1.165, 1.54) is 23.1 Å². The highest BCUT2D eigenvalue weighted by Crippen LogP contribution is 2.40. The van der Waals surface area contributed by atoms with Crippen molar-refractivity contribution < 1.29 is 30.0 Å². The van der Waals surface area contributed by atoms with Gasteiger partial charge in [-0.1, -0.05) is 6.07 Å². The molecule has 0 atom stereocenters. The maximum Gasteiger partial charge on any atom is 0.257 e. The Morgan fingerprint density at radius 2 is 1.55 bits per heavy atom.